The van der Waals surface area contributed by atoms with E-state index in [2.05, 4.69) is 25.0 Å². The summed E-state index contributed by atoms with van der Waals surface area (Å²) in [6.45, 7) is 4.56. The van der Waals surface area contributed by atoms with E-state index in [-0.39, 0.29) is 0 Å². The molecular formula is C19H31N5O. The zero-order valence-corrected chi connectivity index (χ0v) is 15.3. The Kier molecular flexibility index (Phi) is 5.34. The third-order valence-electron chi connectivity index (χ3n) is 6.30. The van der Waals surface area contributed by atoms with Crippen molar-refractivity contribution in [1.29, 1.82) is 0 Å². The van der Waals surface area contributed by atoms with Crippen LogP contribution >= 0.6 is 0 Å². The fraction of sp³-hybridized carbons (Fsp3) is 0.842. The third-order valence-corrected chi connectivity index (χ3v) is 6.30. The minimum Gasteiger partial charge on any atom is -0.343 e. The zero-order valence-electron chi connectivity index (χ0n) is 15.3. The predicted octanol–water partition coefficient (Wildman–Crippen LogP) is 2.45. The summed E-state index contributed by atoms with van der Waals surface area (Å²) in [5, 5.41) is 12.2. The van der Waals surface area contributed by atoms with E-state index in [4.69, 9.17) is 0 Å². The molecule has 1 N–H and O–H groups in total. The normalized spacial score (nSPS) is 23.3. The largest absolute Gasteiger partial charge is 0.343 e. The molecule has 1 aromatic heterocycles. The Morgan fingerprint density at radius 1 is 1.00 bits per heavy atom. The molecule has 6 nitrogen and oxygen atoms in total. The van der Waals surface area contributed by atoms with Crippen molar-refractivity contribution in [2.24, 2.45) is 5.92 Å². The van der Waals surface area contributed by atoms with E-state index in [0.29, 0.717) is 17.7 Å². The number of aromatic nitrogens is 3. The van der Waals surface area contributed by atoms with Crippen molar-refractivity contribution in [1.82, 2.24) is 25.0 Å². The summed E-state index contributed by atoms with van der Waals surface area (Å²) in [4.78, 5) is 14.8. The molecule has 0 unspecified atom stereocenters. The first-order valence-electron chi connectivity index (χ1n) is 10.2. The highest BCUT2D eigenvalue weighted by molar-refractivity contribution is 5.76. The molecule has 138 valence electrons. The molecule has 25 heavy (non-hydrogen) atoms. The molecule has 1 saturated heterocycles. The number of amides is 1. The van der Waals surface area contributed by atoms with Crippen LogP contribution < -0.4 is 5.32 Å². The summed E-state index contributed by atoms with van der Waals surface area (Å²) in [5.41, 5.74) is 0. The molecular weight excluding hydrogens is 314 g/mol. The number of fused-ring (bicyclic) bond motifs is 1. The first kappa shape index (κ1) is 17.0. The summed E-state index contributed by atoms with van der Waals surface area (Å²) in [7, 11) is 0. The van der Waals surface area contributed by atoms with Gasteiger partial charge in [-0.2, -0.15) is 0 Å². The lowest BCUT2D eigenvalue weighted by atomic mass is 9.93. The van der Waals surface area contributed by atoms with Gasteiger partial charge in [-0.1, -0.05) is 25.7 Å². The van der Waals surface area contributed by atoms with Gasteiger partial charge in [0.15, 0.2) is 0 Å². The Balaban J connectivity index is 1.30. The van der Waals surface area contributed by atoms with Crippen LogP contribution in [0.25, 0.3) is 0 Å². The monoisotopic (exact) mass is 345 g/mol. The third kappa shape index (κ3) is 3.89. The molecule has 0 spiro atoms. The Morgan fingerprint density at radius 3 is 2.52 bits per heavy atom. The summed E-state index contributed by atoms with van der Waals surface area (Å²) >= 11 is 0. The molecule has 1 saturated carbocycles. The molecule has 2 aliphatic heterocycles. The fourth-order valence-corrected chi connectivity index (χ4v) is 4.75. The van der Waals surface area contributed by atoms with Crippen LogP contribution in [0.5, 0.6) is 0 Å². The average molecular weight is 345 g/mol. The van der Waals surface area contributed by atoms with E-state index in [0.717, 1.165) is 63.6 Å². The van der Waals surface area contributed by atoms with Gasteiger partial charge in [0.2, 0.25) is 5.91 Å². The number of hydrogen-bond acceptors (Lipinski definition) is 4. The highest BCUT2D eigenvalue weighted by Crippen LogP contribution is 2.30. The Morgan fingerprint density at radius 2 is 1.76 bits per heavy atom. The van der Waals surface area contributed by atoms with Crippen LogP contribution in [-0.2, 0) is 17.9 Å². The Bertz CT molecular complexity index is 583. The zero-order chi connectivity index (χ0) is 17.1. The topological polar surface area (TPSA) is 63.1 Å². The number of carbonyl (C=O) groups excluding carboxylic acids is 1. The van der Waals surface area contributed by atoms with Crippen molar-refractivity contribution in [3.8, 4) is 0 Å². The standard InChI is InChI=1S/C19H31N5O/c25-18(13-15-5-3-1-2-4-6-15)23-10-7-16(8-11-23)19-22-21-17-14-20-9-12-24(17)19/h15-16,20H,1-14H2. The predicted molar refractivity (Wildman–Crippen MR) is 96.1 cm³/mol. The molecule has 4 rings (SSSR count). The van der Waals surface area contributed by atoms with Crippen LogP contribution in [0.15, 0.2) is 0 Å². The van der Waals surface area contributed by atoms with Crippen LogP contribution in [0.2, 0.25) is 0 Å². The molecule has 1 amide bonds. The van der Waals surface area contributed by atoms with Gasteiger partial charge in [0.1, 0.15) is 11.6 Å². The molecule has 0 bridgehead atoms. The van der Waals surface area contributed by atoms with Gasteiger partial charge in [0.05, 0.1) is 6.54 Å². The summed E-state index contributed by atoms with van der Waals surface area (Å²) in [6, 6.07) is 0. The van der Waals surface area contributed by atoms with Crippen molar-refractivity contribution >= 4 is 5.91 Å². The lowest BCUT2D eigenvalue weighted by Gasteiger charge is -2.33. The number of rotatable bonds is 3. The first-order valence-corrected chi connectivity index (χ1v) is 10.2. The molecule has 3 heterocycles. The second kappa shape index (κ2) is 7.85. The van der Waals surface area contributed by atoms with Crippen molar-refractivity contribution in [2.45, 2.75) is 76.8 Å². The molecule has 0 radical (unpaired) electrons. The van der Waals surface area contributed by atoms with Crippen LogP contribution in [0.3, 0.4) is 0 Å². The van der Waals surface area contributed by atoms with Gasteiger partial charge in [-0.3, -0.25) is 4.79 Å². The number of nitrogens with zero attached hydrogens (tertiary/aromatic N) is 4. The maximum Gasteiger partial charge on any atom is 0.222 e. The molecule has 1 aromatic rings. The highest BCUT2D eigenvalue weighted by atomic mass is 16.2. The Labute approximate surface area is 150 Å². The van der Waals surface area contributed by atoms with Crippen molar-refractivity contribution in [3.63, 3.8) is 0 Å². The van der Waals surface area contributed by atoms with Gasteiger partial charge in [-0.05, 0) is 31.6 Å². The van der Waals surface area contributed by atoms with Crippen LogP contribution in [0, 0.1) is 5.92 Å². The minimum absolute atomic E-state index is 0.387. The number of piperidine rings is 1. The SMILES string of the molecule is O=C(CC1CCCCCC1)N1CCC(c2nnc3n2CCNC3)CC1. The molecule has 0 atom stereocenters. The maximum atomic E-state index is 12.7. The van der Waals surface area contributed by atoms with E-state index in [1.54, 1.807) is 0 Å². The van der Waals surface area contributed by atoms with Crippen molar-refractivity contribution in [3.05, 3.63) is 11.6 Å². The van der Waals surface area contributed by atoms with Gasteiger partial charge in [-0.15, -0.1) is 10.2 Å². The molecule has 2 fully saturated rings. The van der Waals surface area contributed by atoms with Gasteiger partial charge in [0, 0.05) is 38.5 Å². The van der Waals surface area contributed by atoms with E-state index in [9.17, 15) is 4.79 Å². The second-order valence-corrected chi connectivity index (χ2v) is 8.02. The van der Waals surface area contributed by atoms with Crippen LogP contribution in [0.1, 0.15) is 75.4 Å². The average Bonchev–Trinajstić information content (AvgIpc) is 2.92. The van der Waals surface area contributed by atoms with Gasteiger partial charge in [-0.25, -0.2) is 0 Å². The maximum absolute atomic E-state index is 12.7. The van der Waals surface area contributed by atoms with Crippen molar-refractivity contribution < 1.29 is 4.79 Å². The molecule has 3 aliphatic rings. The first-order chi connectivity index (χ1) is 12.3. The minimum atomic E-state index is 0.387. The van der Waals surface area contributed by atoms with Crippen LogP contribution in [-0.4, -0.2) is 45.2 Å². The van der Waals surface area contributed by atoms with Gasteiger partial charge < -0.3 is 14.8 Å². The number of likely N-dealkylation sites (tertiary alicyclic amines) is 1. The second-order valence-electron chi connectivity index (χ2n) is 8.02. The number of hydrogen-bond donors (Lipinski definition) is 1. The summed E-state index contributed by atoms with van der Waals surface area (Å²) in [6.07, 6.45) is 10.7. The van der Waals surface area contributed by atoms with E-state index < -0.39 is 0 Å². The van der Waals surface area contributed by atoms with Gasteiger partial charge in [0.25, 0.3) is 0 Å². The fourth-order valence-electron chi connectivity index (χ4n) is 4.75. The summed E-state index contributed by atoms with van der Waals surface area (Å²) < 4.78 is 2.30. The lowest BCUT2D eigenvalue weighted by molar-refractivity contribution is -0.133. The molecule has 1 aliphatic carbocycles. The Hall–Kier alpha value is -1.43. The van der Waals surface area contributed by atoms with E-state index >= 15 is 0 Å². The van der Waals surface area contributed by atoms with Gasteiger partial charge >= 0.3 is 0 Å². The smallest absolute Gasteiger partial charge is 0.222 e. The number of carbonyl (C=O) groups is 1. The molecule has 6 heteroatoms. The molecule has 0 aromatic carbocycles. The van der Waals surface area contributed by atoms with Crippen LogP contribution in [0.4, 0.5) is 0 Å². The van der Waals surface area contributed by atoms with E-state index in [1.807, 2.05) is 0 Å². The van der Waals surface area contributed by atoms with E-state index in [1.165, 1.54) is 38.5 Å². The van der Waals surface area contributed by atoms with Crippen molar-refractivity contribution in [2.75, 3.05) is 19.6 Å². The lowest BCUT2D eigenvalue weighted by Crippen LogP contribution is -2.39. The quantitative estimate of drug-likeness (QED) is 0.855. The summed E-state index contributed by atoms with van der Waals surface area (Å²) in [5.74, 6) is 3.68. The number of nitrogens with one attached hydrogen (secondary N) is 1. The highest BCUT2D eigenvalue weighted by Gasteiger charge is 2.29.